The number of rotatable bonds is 8. The quantitative estimate of drug-likeness (QED) is 0.606. The fraction of sp³-hybridized carbons (Fsp3) is 0.733. The lowest BCUT2D eigenvalue weighted by Crippen LogP contribution is -2.54. The average Bonchev–Trinajstić information content (AvgIpc) is 2.49. The first-order chi connectivity index (χ1) is 10.6. The minimum absolute atomic E-state index is 0.0377. The number of hydrogen-bond donors (Lipinski definition) is 2. The van der Waals surface area contributed by atoms with Gasteiger partial charge in [-0.2, -0.15) is 0 Å². The van der Waals surface area contributed by atoms with Gasteiger partial charge in [-0.15, -0.1) is 0 Å². The van der Waals surface area contributed by atoms with Gasteiger partial charge in [0.25, 0.3) is 0 Å². The second-order valence-corrected chi connectivity index (χ2v) is 5.67. The molecule has 0 heterocycles. The molecule has 0 radical (unpaired) electrons. The van der Waals surface area contributed by atoms with Crippen LogP contribution in [0.5, 0.6) is 0 Å². The fourth-order valence-corrected chi connectivity index (χ4v) is 2.02. The molecule has 2 N–H and O–H groups in total. The number of ether oxygens (including phenoxy) is 2. The summed E-state index contributed by atoms with van der Waals surface area (Å²) in [6, 6.07) is -1.79. The zero-order valence-corrected chi connectivity index (χ0v) is 14.5. The molecular formula is C15H26N2O6. The largest absolute Gasteiger partial charge is 0.469 e. The predicted octanol–water partition coefficient (Wildman–Crippen LogP) is 0.00410. The Balaban J connectivity index is 5.06. The van der Waals surface area contributed by atoms with Gasteiger partial charge in [0.15, 0.2) is 0 Å². The first-order valence-corrected chi connectivity index (χ1v) is 7.37. The molecule has 0 aromatic rings. The molecule has 0 spiro atoms. The van der Waals surface area contributed by atoms with E-state index in [1.807, 2.05) is 0 Å². The van der Waals surface area contributed by atoms with Gasteiger partial charge in [0.2, 0.25) is 11.8 Å². The van der Waals surface area contributed by atoms with Crippen molar-refractivity contribution in [1.82, 2.24) is 10.6 Å². The van der Waals surface area contributed by atoms with Gasteiger partial charge in [0, 0.05) is 6.92 Å². The van der Waals surface area contributed by atoms with Crippen LogP contribution in [0, 0.1) is 11.8 Å². The maximum Gasteiger partial charge on any atom is 0.328 e. The van der Waals surface area contributed by atoms with E-state index in [0.717, 1.165) is 0 Å². The highest BCUT2D eigenvalue weighted by molar-refractivity contribution is 5.90. The Morgan fingerprint density at radius 2 is 1.43 bits per heavy atom. The van der Waals surface area contributed by atoms with Crippen molar-refractivity contribution in [3.8, 4) is 0 Å². The molecule has 23 heavy (non-hydrogen) atoms. The summed E-state index contributed by atoms with van der Waals surface area (Å²) in [6.07, 6.45) is 0.0377. The van der Waals surface area contributed by atoms with E-state index in [1.54, 1.807) is 20.8 Å². The van der Waals surface area contributed by atoms with Crippen LogP contribution >= 0.6 is 0 Å². The summed E-state index contributed by atoms with van der Waals surface area (Å²) in [5, 5.41) is 5.06. The summed E-state index contributed by atoms with van der Waals surface area (Å²) in [5.74, 6) is -2.79. The Labute approximate surface area is 136 Å². The Morgan fingerprint density at radius 3 is 1.83 bits per heavy atom. The summed E-state index contributed by atoms with van der Waals surface area (Å²) in [5.41, 5.74) is 0. The summed E-state index contributed by atoms with van der Waals surface area (Å²) < 4.78 is 9.26. The fourth-order valence-electron chi connectivity index (χ4n) is 2.02. The second kappa shape index (κ2) is 9.81. The summed E-state index contributed by atoms with van der Waals surface area (Å²) in [4.78, 5) is 46.8. The molecular weight excluding hydrogens is 304 g/mol. The van der Waals surface area contributed by atoms with E-state index in [4.69, 9.17) is 0 Å². The first-order valence-electron chi connectivity index (χ1n) is 7.37. The molecule has 0 unspecified atom stereocenters. The Bertz CT molecular complexity index is 449. The van der Waals surface area contributed by atoms with E-state index >= 15 is 0 Å². The van der Waals surface area contributed by atoms with E-state index in [9.17, 15) is 19.2 Å². The number of nitrogens with one attached hydrogen (secondary N) is 2. The third-order valence-electron chi connectivity index (χ3n) is 3.30. The molecule has 3 atom stereocenters. The van der Waals surface area contributed by atoms with Crippen LogP contribution in [0.4, 0.5) is 0 Å². The average molecular weight is 330 g/mol. The molecule has 0 fully saturated rings. The molecule has 132 valence electrons. The normalized spacial score (nSPS) is 14.4. The van der Waals surface area contributed by atoms with Gasteiger partial charge in [0.1, 0.15) is 12.1 Å². The van der Waals surface area contributed by atoms with Gasteiger partial charge >= 0.3 is 11.9 Å². The molecule has 0 aliphatic rings. The van der Waals surface area contributed by atoms with Gasteiger partial charge in [-0.3, -0.25) is 14.4 Å². The molecule has 0 saturated heterocycles. The van der Waals surface area contributed by atoms with Crippen LogP contribution < -0.4 is 10.6 Å². The second-order valence-electron chi connectivity index (χ2n) is 5.67. The van der Waals surface area contributed by atoms with Gasteiger partial charge < -0.3 is 20.1 Å². The minimum Gasteiger partial charge on any atom is -0.469 e. The standard InChI is InChI=1S/C15H26N2O6/c1-8(2)12(16-10(4)18)13(19)17-11(15(21)23-6)7-9(3)14(20)22-5/h8-9,11-12H,7H2,1-6H3,(H,16,18)(H,17,19)/t9-,11+,12-/m1/s1. The molecule has 0 aromatic heterocycles. The topological polar surface area (TPSA) is 111 Å². The molecule has 0 aliphatic heterocycles. The van der Waals surface area contributed by atoms with Crippen molar-refractivity contribution in [2.45, 2.75) is 46.2 Å². The summed E-state index contributed by atoms with van der Waals surface area (Å²) >= 11 is 0. The van der Waals surface area contributed by atoms with Gasteiger partial charge in [-0.05, 0) is 12.3 Å². The number of hydrogen-bond acceptors (Lipinski definition) is 6. The molecule has 0 rings (SSSR count). The van der Waals surface area contributed by atoms with E-state index in [0.29, 0.717) is 0 Å². The van der Waals surface area contributed by atoms with Crippen LogP contribution in [0.3, 0.4) is 0 Å². The lowest BCUT2D eigenvalue weighted by Gasteiger charge is -2.25. The maximum atomic E-state index is 12.3. The highest BCUT2D eigenvalue weighted by Crippen LogP contribution is 2.11. The number of amides is 2. The van der Waals surface area contributed by atoms with Crippen molar-refractivity contribution in [2.24, 2.45) is 11.8 Å². The third kappa shape index (κ3) is 7.12. The van der Waals surface area contributed by atoms with Crippen molar-refractivity contribution in [3.05, 3.63) is 0 Å². The van der Waals surface area contributed by atoms with Crippen LogP contribution in [0.25, 0.3) is 0 Å². The summed E-state index contributed by atoms with van der Waals surface area (Å²) in [6.45, 7) is 6.43. The van der Waals surface area contributed by atoms with E-state index < -0.39 is 35.8 Å². The highest BCUT2D eigenvalue weighted by Gasteiger charge is 2.31. The van der Waals surface area contributed by atoms with Crippen molar-refractivity contribution in [3.63, 3.8) is 0 Å². The monoisotopic (exact) mass is 330 g/mol. The van der Waals surface area contributed by atoms with Crippen LogP contribution in [-0.4, -0.2) is 50.1 Å². The minimum atomic E-state index is -1.00. The van der Waals surface area contributed by atoms with Crippen molar-refractivity contribution >= 4 is 23.8 Å². The first kappa shape index (κ1) is 20.9. The number of carbonyl (C=O) groups is 4. The molecule has 0 aromatic carbocycles. The van der Waals surface area contributed by atoms with E-state index in [2.05, 4.69) is 20.1 Å². The lowest BCUT2D eigenvalue weighted by molar-refractivity contribution is -0.149. The molecule has 0 saturated carbocycles. The SMILES string of the molecule is COC(=O)[C@H](C)C[C@H](NC(=O)[C@H](NC(C)=O)C(C)C)C(=O)OC. The molecule has 0 aliphatic carbocycles. The van der Waals surface area contributed by atoms with Crippen molar-refractivity contribution < 1.29 is 28.7 Å². The van der Waals surface area contributed by atoms with Crippen molar-refractivity contribution in [1.29, 1.82) is 0 Å². The van der Waals surface area contributed by atoms with Crippen LogP contribution in [0.15, 0.2) is 0 Å². The van der Waals surface area contributed by atoms with Crippen molar-refractivity contribution in [2.75, 3.05) is 14.2 Å². The molecule has 2 amide bonds. The molecule has 0 bridgehead atoms. The Morgan fingerprint density at radius 1 is 0.913 bits per heavy atom. The van der Waals surface area contributed by atoms with Gasteiger partial charge in [-0.1, -0.05) is 20.8 Å². The van der Waals surface area contributed by atoms with Crippen LogP contribution in [-0.2, 0) is 28.7 Å². The number of esters is 2. The van der Waals surface area contributed by atoms with E-state index in [1.165, 1.54) is 21.1 Å². The molecule has 8 heteroatoms. The predicted molar refractivity (Wildman–Crippen MR) is 82.2 cm³/mol. The third-order valence-corrected chi connectivity index (χ3v) is 3.30. The van der Waals surface area contributed by atoms with Crippen LogP contribution in [0.1, 0.15) is 34.1 Å². The Kier molecular flexibility index (Phi) is 8.90. The smallest absolute Gasteiger partial charge is 0.328 e. The van der Waals surface area contributed by atoms with Gasteiger partial charge in [0.05, 0.1) is 20.1 Å². The van der Waals surface area contributed by atoms with E-state index in [-0.39, 0.29) is 18.2 Å². The molecule has 8 nitrogen and oxygen atoms in total. The number of carbonyl (C=O) groups excluding carboxylic acids is 4. The maximum absolute atomic E-state index is 12.3. The zero-order chi connectivity index (χ0) is 18.2. The highest BCUT2D eigenvalue weighted by atomic mass is 16.5. The Hall–Kier alpha value is -2.12. The lowest BCUT2D eigenvalue weighted by atomic mass is 9.99. The summed E-state index contributed by atoms with van der Waals surface area (Å²) in [7, 11) is 2.44. The van der Waals surface area contributed by atoms with Crippen LogP contribution in [0.2, 0.25) is 0 Å². The number of methoxy groups -OCH3 is 2. The zero-order valence-electron chi connectivity index (χ0n) is 14.5. The van der Waals surface area contributed by atoms with Gasteiger partial charge in [-0.25, -0.2) is 4.79 Å².